The van der Waals surface area contributed by atoms with E-state index in [2.05, 4.69) is 5.32 Å². The molecule has 1 aliphatic rings. The highest BCUT2D eigenvalue weighted by Gasteiger charge is 2.37. The maximum absolute atomic E-state index is 12.2. The Balaban J connectivity index is 2.03. The molecule has 0 bridgehead atoms. The van der Waals surface area contributed by atoms with Crippen LogP contribution >= 0.6 is 0 Å². The molecule has 2 rings (SSSR count). The van der Waals surface area contributed by atoms with Gasteiger partial charge in [0.15, 0.2) is 0 Å². The van der Waals surface area contributed by atoms with Gasteiger partial charge in [0.1, 0.15) is 12.5 Å². The zero-order valence-corrected chi connectivity index (χ0v) is 11.1. The third kappa shape index (κ3) is 2.96. The summed E-state index contributed by atoms with van der Waals surface area (Å²) in [6.45, 7) is 1.96. The quantitative estimate of drug-likeness (QED) is 0.786. The topological polar surface area (TPSA) is 86.7 Å². The molecule has 1 aromatic carbocycles. The highest BCUT2D eigenvalue weighted by molar-refractivity contribution is 6.09. The average Bonchev–Trinajstić information content (AvgIpc) is 2.79. The van der Waals surface area contributed by atoms with Crippen molar-refractivity contribution in [1.29, 1.82) is 0 Å². The van der Waals surface area contributed by atoms with Crippen molar-refractivity contribution in [2.75, 3.05) is 18.0 Å². The van der Waals surface area contributed by atoms with Crippen molar-refractivity contribution >= 4 is 23.5 Å². The number of hydrogen-bond acceptors (Lipinski definition) is 3. The fourth-order valence-corrected chi connectivity index (χ4v) is 2.19. The van der Waals surface area contributed by atoms with Crippen molar-refractivity contribution in [2.45, 2.75) is 13.3 Å². The predicted molar refractivity (Wildman–Crippen MR) is 72.3 cm³/mol. The lowest BCUT2D eigenvalue weighted by Crippen LogP contribution is -2.38. The summed E-state index contributed by atoms with van der Waals surface area (Å²) in [6.07, 6.45) is 0.401. The molecule has 6 nitrogen and oxygen atoms in total. The normalized spacial score (nSPS) is 18.1. The minimum Gasteiger partial charge on any atom is -0.480 e. The minimum atomic E-state index is -1.13. The van der Waals surface area contributed by atoms with Crippen molar-refractivity contribution in [3.8, 4) is 0 Å². The van der Waals surface area contributed by atoms with Gasteiger partial charge >= 0.3 is 5.97 Å². The highest BCUT2D eigenvalue weighted by Crippen LogP contribution is 2.25. The number of nitrogens with one attached hydrogen (secondary N) is 1. The van der Waals surface area contributed by atoms with Crippen LogP contribution in [-0.4, -0.2) is 36.0 Å². The fourth-order valence-electron chi connectivity index (χ4n) is 2.19. The molecule has 106 valence electrons. The summed E-state index contributed by atoms with van der Waals surface area (Å²) >= 11 is 0. The molecule has 2 N–H and O–H groups in total. The lowest BCUT2D eigenvalue weighted by Gasteiger charge is -2.16. The maximum Gasteiger partial charge on any atom is 0.322 e. The second kappa shape index (κ2) is 5.73. The Morgan fingerprint density at radius 1 is 1.35 bits per heavy atom. The molecule has 1 aromatic rings. The molecule has 2 amide bonds. The summed E-state index contributed by atoms with van der Waals surface area (Å²) in [7, 11) is 0. The van der Waals surface area contributed by atoms with Crippen LogP contribution in [-0.2, 0) is 14.4 Å². The van der Waals surface area contributed by atoms with Crippen LogP contribution in [0, 0.1) is 12.8 Å². The number of rotatable bonds is 4. The summed E-state index contributed by atoms with van der Waals surface area (Å²) < 4.78 is 0. The zero-order valence-electron chi connectivity index (χ0n) is 11.1. The summed E-state index contributed by atoms with van der Waals surface area (Å²) in [4.78, 5) is 35.9. The van der Waals surface area contributed by atoms with Crippen molar-refractivity contribution in [3.63, 3.8) is 0 Å². The van der Waals surface area contributed by atoms with Crippen LogP contribution in [0.1, 0.15) is 12.0 Å². The van der Waals surface area contributed by atoms with Crippen LogP contribution in [0.25, 0.3) is 0 Å². The van der Waals surface area contributed by atoms with E-state index in [1.807, 2.05) is 31.2 Å². The Morgan fingerprint density at radius 3 is 2.60 bits per heavy atom. The van der Waals surface area contributed by atoms with E-state index >= 15 is 0 Å². The van der Waals surface area contributed by atoms with Crippen LogP contribution in [0.3, 0.4) is 0 Å². The van der Waals surface area contributed by atoms with Gasteiger partial charge in [0.25, 0.3) is 0 Å². The molecule has 1 fully saturated rings. The van der Waals surface area contributed by atoms with Crippen LogP contribution in [0.5, 0.6) is 0 Å². The molecule has 1 saturated heterocycles. The van der Waals surface area contributed by atoms with E-state index in [1.54, 1.807) is 4.90 Å². The lowest BCUT2D eigenvalue weighted by molar-refractivity contribution is -0.140. The van der Waals surface area contributed by atoms with E-state index in [-0.39, 0.29) is 5.91 Å². The Bertz CT molecular complexity index is 539. The predicted octanol–water partition coefficient (Wildman–Crippen LogP) is 0.549. The molecule has 1 aliphatic heterocycles. The summed E-state index contributed by atoms with van der Waals surface area (Å²) in [5, 5.41) is 10.8. The van der Waals surface area contributed by atoms with Crippen molar-refractivity contribution in [3.05, 3.63) is 29.8 Å². The molecule has 0 radical (unpaired) electrons. The molecule has 1 atom stereocenters. The largest absolute Gasteiger partial charge is 0.480 e. The van der Waals surface area contributed by atoms with E-state index in [0.29, 0.717) is 13.0 Å². The first-order valence-corrected chi connectivity index (χ1v) is 6.36. The van der Waals surface area contributed by atoms with Gasteiger partial charge in [0.2, 0.25) is 11.8 Å². The van der Waals surface area contributed by atoms with Gasteiger partial charge in [-0.05, 0) is 25.5 Å². The smallest absolute Gasteiger partial charge is 0.322 e. The number of benzene rings is 1. The van der Waals surface area contributed by atoms with Crippen LogP contribution in [0.4, 0.5) is 5.69 Å². The zero-order chi connectivity index (χ0) is 14.7. The summed E-state index contributed by atoms with van der Waals surface area (Å²) in [5.74, 6) is -2.72. The molecule has 0 aliphatic carbocycles. The van der Waals surface area contributed by atoms with E-state index in [1.165, 1.54) is 0 Å². The van der Waals surface area contributed by atoms with Crippen LogP contribution < -0.4 is 10.2 Å². The maximum atomic E-state index is 12.2. The van der Waals surface area contributed by atoms with Gasteiger partial charge < -0.3 is 15.3 Å². The molecule has 6 heteroatoms. The number of hydrogen-bond donors (Lipinski definition) is 2. The van der Waals surface area contributed by atoms with E-state index < -0.39 is 24.3 Å². The second-order valence-corrected chi connectivity index (χ2v) is 4.78. The monoisotopic (exact) mass is 276 g/mol. The number of carbonyl (C=O) groups is 3. The SMILES string of the molecule is Cc1ccc(N2CC[C@H](C(=O)NCC(=O)O)C2=O)cc1. The minimum absolute atomic E-state index is 0.281. The third-order valence-electron chi connectivity index (χ3n) is 3.28. The summed E-state index contributed by atoms with van der Waals surface area (Å²) in [6, 6.07) is 7.48. The van der Waals surface area contributed by atoms with Crippen LogP contribution in [0.15, 0.2) is 24.3 Å². The van der Waals surface area contributed by atoms with Gasteiger partial charge in [0.05, 0.1) is 0 Å². The summed E-state index contributed by atoms with van der Waals surface area (Å²) in [5.41, 5.74) is 1.85. The Kier molecular flexibility index (Phi) is 4.02. The van der Waals surface area contributed by atoms with Crippen molar-refractivity contribution < 1.29 is 19.5 Å². The standard InChI is InChI=1S/C14H16N2O4/c1-9-2-4-10(5-3-9)16-7-6-11(14(16)20)13(19)15-8-12(17)18/h2-5,11H,6-8H2,1H3,(H,15,19)(H,17,18)/t11-/m1/s1. The third-order valence-corrected chi connectivity index (χ3v) is 3.28. The average molecular weight is 276 g/mol. The van der Waals surface area contributed by atoms with Gasteiger partial charge in [-0.15, -0.1) is 0 Å². The number of carbonyl (C=O) groups excluding carboxylic acids is 2. The van der Waals surface area contributed by atoms with Crippen LogP contribution in [0.2, 0.25) is 0 Å². The number of aliphatic carboxylic acids is 1. The van der Waals surface area contributed by atoms with E-state index in [0.717, 1.165) is 11.3 Å². The van der Waals surface area contributed by atoms with Crippen molar-refractivity contribution in [1.82, 2.24) is 5.32 Å². The molecular formula is C14H16N2O4. The van der Waals surface area contributed by atoms with Gasteiger partial charge in [0, 0.05) is 12.2 Å². The van der Waals surface area contributed by atoms with Gasteiger partial charge in [-0.25, -0.2) is 0 Å². The molecule has 0 saturated carbocycles. The Morgan fingerprint density at radius 2 is 2.00 bits per heavy atom. The first-order chi connectivity index (χ1) is 9.49. The molecule has 0 spiro atoms. The fraction of sp³-hybridized carbons (Fsp3) is 0.357. The van der Waals surface area contributed by atoms with Crippen molar-refractivity contribution in [2.24, 2.45) is 5.92 Å². The number of aryl methyl sites for hydroxylation is 1. The molecule has 1 heterocycles. The number of carboxylic acids is 1. The Labute approximate surface area is 116 Å². The lowest BCUT2D eigenvalue weighted by atomic mass is 10.1. The van der Waals surface area contributed by atoms with E-state index in [9.17, 15) is 14.4 Å². The highest BCUT2D eigenvalue weighted by atomic mass is 16.4. The molecule has 0 unspecified atom stereocenters. The molecule has 20 heavy (non-hydrogen) atoms. The van der Waals surface area contributed by atoms with Gasteiger partial charge in [-0.1, -0.05) is 17.7 Å². The Hall–Kier alpha value is -2.37. The number of carboxylic acid groups (broad SMARTS) is 1. The van der Waals surface area contributed by atoms with Gasteiger partial charge in [-0.2, -0.15) is 0 Å². The number of anilines is 1. The number of nitrogens with zero attached hydrogens (tertiary/aromatic N) is 1. The van der Waals surface area contributed by atoms with Gasteiger partial charge in [-0.3, -0.25) is 14.4 Å². The molecular weight excluding hydrogens is 260 g/mol. The second-order valence-electron chi connectivity index (χ2n) is 4.78. The first-order valence-electron chi connectivity index (χ1n) is 6.36. The molecule has 0 aromatic heterocycles. The number of amides is 2. The van der Waals surface area contributed by atoms with E-state index in [4.69, 9.17) is 5.11 Å². The first kappa shape index (κ1) is 14.0.